The van der Waals surface area contributed by atoms with E-state index >= 15 is 0 Å². The Labute approximate surface area is 223 Å². The number of hydrogen-bond acceptors (Lipinski definition) is 5. The summed E-state index contributed by atoms with van der Waals surface area (Å²) >= 11 is 0. The number of nitrogens with zero attached hydrogens (tertiary/aromatic N) is 2. The molecule has 2 N–H and O–H groups in total. The molecule has 0 aromatic carbocycles. The van der Waals surface area contributed by atoms with Gasteiger partial charge in [-0.2, -0.15) is 0 Å². The van der Waals surface area contributed by atoms with Crippen molar-refractivity contribution in [1.82, 2.24) is 10.1 Å². The molecule has 0 radical (unpaired) electrons. The predicted molar refractivity (Wildman–Crippen MR) is 153 cm³/mol. The van der Waals surface area contributed by atoms with Crippen molar-refractivity contribution in [2.75, 3.05) is 13.6 Å². The summed E-state index contributed by atoms with van der Waals surface area (Å²) in [5, 5.41) is 28.0. The van der Waals surface area contributed by atoms with Crippen LogP contribution in [0.25, 0.3) is 0 Å². The Balaban J connectivity index is 1.64. The standard InChI is InChI=1S/C31H59N3O2/c1-6-24-19-28(20-24)29(23(4)33(5)35)14-9-8-12-27-21-25-11-10-13-26(16-15-25)30(32)17-22(3)18-31(27)34(36)7-2/h22-31H,6-21,32H2,1-5H3/q-2/t22?,23?,24?,25?,26-,27?,28?,29?,30?,31?/m1/s1. The van der Waals surface area contributed by atoms with Crippen molar-refractivity contribution in [3.8, 4) is 0 Å². The molecule has 212 valence electrons. The third kappa shape index (κ3) is 8.40. The van der Waals surface area contributed by atoms with Crippen molar-refractivity contribution >= 4 is 0 Å². The van der Waals surface area contributed by atoms with E-state index in [0.29, 0.717) is 36.3 Å². The molecule has 3 fully saturated rings. The zero-order valence-corrected chi connectivity index (χ0v) is 24.4. The van der Waals surface area contributed by atoms with Gasteiger partial charge in [-0.3, -0.25) is 0 Å². The number of hydrogen-bond donors (Lipinski definition) is 1. The van der Waals surface area contributed by atoms with Crippen LogP contribution < -0.4 is 5.73 Å². The van der Waals surface area contributed by atoms with E-state index in [-0.39, 0.29) is 12.1 Å². The van der Waals surface area contributed by atoms with Crippen molar-refractivity contribution in [1.29, 1.82) is 0 Å². The summed E-state index contributed by atoms with van der Waals surface area (Å²) in [6.07, 6.45) is 18.4. The number of fused-ring (bicyclic) bond motifs is 3. The summed E-state index contributed by atoms with van der Waals surface area (Å²) in [5.74, 6) is 4.57. The summed E-state index contributed by atoms with van der Waals surface area (Å²) in [6.45, 7) is 9.38. The fourth-order valence-corrected chi connectivity index (χ4v) is 8.31. The van der Waals surface area contributed by atoms with E-state index in [1.54, 1.807) is 7.05 Å². The summed E-state index contributed by atoms with van der Waals surface area (Å²) in [4.78, 5) is 0. The van der Waals surface area contributed by atoms with Crippen molar-refractivity contribution in [3.05, 3.63) is 10.4 Å². The molecule has 0 spiro atoms. The van der Waals surface area contributed by atoms with Gasteiger partial charge in [0.15, 0.2) is 0 Å². The molecule has 3 aliphatic rings. The first-order valence-corrected chi connectivity index (χ1v) is 15.8. The Morgan fingerprint density at radius 1 is 0.944 bits per heavy atom. The van der Waals surface area contributed by atoms with Crippen molar-refractivity contribution < 1.29 is 0 Å². The maximum atomic E-state index is 13.2. The molecular weight excluding hydrogens is 446 g/mol. The lowest BCUT2D eigenvalue weighted by Crippen LogP contribution is -2.41. The Morgan fingerprint density at radius 3 is 2.36 bits per heavy atom. The molecular formula is C31H59N3O2-2. The third-order valence-electron chi connectivity index (χ3n) is 10.9. The molecule has 7 unspecified atom stereocenters. The molecule has 0 aromatic heterocycles. The number of rotatable bonds is 11. The molecule has 36 heavy (non-hydrogen) atoms. The molecule has 0 saturated heterocycles. The fraction of sp³-hybridized carbons (Fsp3) is 1.00. The molecule has 3 saturated carbocycles. The number of unbranched alkanes of at least 4 members (excludes halogenated alkanes) is 1. The first-order chi connectivity index (χ1) is 17.2. The largest absolute Gasteiger partial charge is 0.785 e. The molecule has 2 bridgehead atoms. The van der Waals surface area contributed by atoms with Crippen molar-refractivity contribution in [3.63, 3.8) is 0 Å². The number of hydroxylamine groups is 4. The zero-order chi connectivity index (χ0) is 26.2. The predicted octanol–water partition coefficient (Wildman–Crippen LogP) is 7.57. The minimum Gasteiger partial charge on any atom is -0.785 e. The van der Waals surface area contributed by atoms with E-state index in [4.69, 9.17) is 5.73 Å². The fourth-order valence-electron chi connectivity index (χ4n) is 8.31. The van der Waals surface area contributed by atoms with E-state index in [2.05, 4.69) is 20.8 Å². The van der Waals surface area contributed by atoms with Crippen molar-refractivity contribution in [2.45, 2.75) is 142 Å². The van der Waals surface area contributed by atoms with E-state index in [9.17, 15) is 10.4 Å². The summed E-state index contributed by atoms with van der Waals surface area (Å²) in [7, 11) is 1.71. The van der Waals surface area contributed by atoms with Gasteiger partial charge in [0.1, 0.15) is 0 Å². The molecule has 0 amide bonds. The van der Waals surface area contributed by atoms with Crippen LogP contribution in [0, 0.1) is 51.8 Å². The van der Waals surface area contributed by atoms with Crippen LogP contribution in [0.3, 0.4) is 0 Å². The van der Waals surface area contributed by atoms with E-state index in [1.165, 1.54) is 87.2 Å². The minimum atomic E-state index is 0.110. The Morgan fingerprint density at radius 2 is 1.69 bits per heavy atom. The average molecular weight is 506 g/mol. The maximum Gasteiger partial charge on any atom is 0.00697 e. The highest BCUT2D eigenvalue weighted by molar-refractivity contribution is 4.90. The van der Waals surface area contributed by atoms with E-state index < -0.39 is 0 Å². The number of nitrogens with two attached hydrogens (primary N) is 1. The van der Waals surface area contributed by atoms with Crippen LogP contribution in [0.2, 0.25) is 0 Å². The highest BCUT2D eigenvalue weighted by atomic mass is 16.5. The molecule has 0 aliphatic heterocycles. The molecule has 0 heterocycles. The van der Waals surface area contributed by atoms with Gasteiger partial charge < -0.3 is 26.3 Å². The Hall–Kier alpha value is -0.200. The second kappa shape index (κ2) is 14.8. The lowest BCUT2D eigenvalue weighted by Gasteiger charge is -2.47. The SMILES string of the molecule is CCC1CC(C(CCCCC2CC3CCC[C@H](CC3)C(N)CC(C)CC2N([O-])CC)C(C)N(C)[O-])C1. The molecule has 8 atom stereocenters. The van der Waals surface area contributed by atoms with Crippen LogP contribution in [0.1, 0.15) is 124 Å². The molecule has 3 rings (SSSR count). The maximum absolute atomic E-state index is 13.2. The van der Waals surface area contributed by atoms with Gasteiger partial charge in [-0.1, -0.05) is 66.2 Å². The van der Waals surface area contributed by atoms with Crippen LogP contribution in [0.5, 0.6) is 0 Å². The topological polar surface area (TPSA) is 78.6 Å². The van der Waals surface area contributed by atoms with Crippen molar-refractivity contribution in [2.24, 2.45) is 47.2 Å². The Bertz CT molecular complexity index is 611. The van der Waals surface area contributed by atoms with Crippen LogP contribution in [0.15, 0.2) is 0 Å². The average Bonchev–Trinajstić information content (AvgIpc) is 3.07. The molecule has 3 aliphatic carbocycles. The second-order valence-corrected chi connectivity index (χ2v) is 13.4. The monoisotopic (exact) mass is 505 g/mol. The highest BCUT2D eigenvalue weighted by Crippen LogP contribution is 2.45. The first kappa shape index (κ1) is 30.3. The lowest BCUT2D eigenvalue weighted by atomic mass is 9.64. The van der Waals surface area contributed by atoms with Gasteiger partial charge in [0.05, 0.1) is 0 Å². The first-order valence-electron chi connectivity index (χ1n) is 15.8. The van der Waals surface area contributed by atoms with Crippen LogP contribution in [0.4, 0.5) is 0 Å². The molecule has 5 heteroatoms. The quantitative estimate of drug-likeness (QED) is 0.231. The minimum absolute atomic E-state index is 0.110. The van der Waals surface area contributed by atoms with Gasteiger partial charge >= 0.3 is 0 Å². The molecule has 0 aromatic rings. The van der Waals surface area contributed by atoms with E-state index in [1.807, 2.05) is 6.92 Å². The zero-order valence-electron chi connectivity index (χ0n) is 24.4. The van der Waals surface area contributed by atoms with Gasteiger partial charge in [0.25, 0.3) is 0 Å². The third-order valence-corrected chi connectivity index (χ3v) is 10.9. The second-order valence-electron chi connectivity index (χ2n) is 13.4. The van der Waals surface area contributed by atoms with E-state index in [0.717, 1.165) is 37.0 Å². The lowest BCUT2D eigenvalue weighted by molar-refractivity contribution is 0.0661. The van der Waals surface area contributed by atoms with Gasteiger partial charge in [0, 0.05) is 12.1 Å². The summed E-state index contributed by atoms with van der Waals surface area (Å²) in [6, 6.07) is 0.545. The molecule has 5 nitrogen and oxygen atoms in total. The van der Waals surface area contributed by atoms with Gasteiger partial charge in [-0.15, -0.1) is 0 Å². The highest BCUT2D eigenvalue weighted by Gasteiger charge is 2.36. The summed E-state index contributed by atoms with van der Waals surface area (Å²) < 4.78 is 0. The van der Waals surface area contributed by atoms with Crippen LogP contribution >= 0.6 is 0 Å². The van der Waals surface area contributed by atoms with Gasteiger partial charge in [-0.05, 0) is 119 Å². The smallest absolute Gasteiger partial charge is 0.00697 e. The normalized spacial score (nSPS) is 37.8. The van der Waals surface area contributed by atoms with Gasteiger partial charge in [0.2, 0.25) is 0 Å². The Kier molecular flexibility index (Phi) is 12.5. The van der Waals surface area contributed by atoms with Crippen LogP contribution in [-0.2, 0) is 0 Å². The summed E-state index contributed by atoms with van der Waals surface area (Å²) in [5.41, 5.74) is 6.72. The van der Waals surface area contributed by atoms with Crippen LogP contribution in [-0.4, -0.2) is 41.8 Å². The van der Waals surface area contributed by atoms with Gasteiger partial charge in [-0.25, -0.2) is 0 Å².